The smallest absolute Gasteiger partial charge is 0.139 e. The molecule has 0 aliphatic carbocycles. The zero-order chi connectivity index (χ0) is 12.5. The monoisotopic (exact) mass is 236 g/mol. The van der Waals surface area contributed by atoms with E-state index in [-0.39, 0.29) is 5.92 Å². The Morgan fingerprint density at radius 3 is 2.76 bits per heavy atom. The van der Waals surface area contributed by atoms with Crippen LogP contribution in [0.25, 0.3) is 0 Å². The van der Waals surface area contributed by atoms with E-state index in [0.717, 1.165) is 25.9 Å². The van der Waals surface area contributed by atoms with Crippen LogP contribution in [0.3, 0.4) is 0 Å². The average Bonchev–Trinajstić information content (AvgIpc) is 2.29. The van der Waals surface area contributed by atoms with Crippen molar-refractivity contribution in [3.8, 4) is 0 Å². The molecule has 1 saturated heterocycles. The first-order valence-corrected chi connectivity index (χ1v) is 6.24. The van der Waals surface area contributed by atoms with Gasteiger partial charge in [-0.2, -0.15) is 0 Å². The van der Waals surface area contributed by atoms with Crippen LogP contribution in [0.4, 0.5) is 10.1 Å². The molecule has 0 amide bonds. The molecule has 2 rings (SSSR count). The van der Waals surface area contributed by atoms with E-state index in [1.807, 2.05) is 18.2 Å². The summed E-state index contributed by atoms with van der Waals surface area (Å²) in [6, 6.07) is 7.29. The van der Waals surface area contributed by atoms with Crippen molar-refractivity contribution >= 4 is 5.69 Å². The van der Waals surface area contributed by atoms with E-state index in [0.29, 0.717) is 11.3 Å². The van der Waals surface area contributed by atoms with Gasteiger partial charge in [0, 0.05) is 23.7 Å². The molecule has 0 aromatic heterocycles. The topological polar surface area (TPSA) is 29.3 Å². The molecule has 94 valence electrons. The van der Waals surface area contributed by atoms with E-state index >= 15 is 4.39 Å². The third kappa shape index (κ3) is 2.44. The fourth-order valence-electron chi connectivity index (χ4n) is 2.77. The Morgan fingerprint density at radius 1 is 1.41 bits per heavy atom. The number of benzene rings is 1. The molecule has 0 radical (unpaired) electrons. The summed E-state index contributed by atoms with van der Waals surface area (Å²) in [4.78, 5) is 2.20. The van der Waals surface area contributed by atoms with Gasteiger partial charge in [0.05, 0.1) is 0 Å². The van der Waals surface area contributed by atoms with Gasteiger partial charge in [0.2, 0.25) is 0 Å². The molecule has 3 heteroatoms. The standard InChI is InChI=1S/C14H21FN2/c1-14(15,11-6-5-9-17(2)10-11)12-7-3-4-8-13(12)16/h3-4,7-8,11H,5-6,9-10,16H2,1-2H3. The van der Waals surface area contributed by atoms with Crippen LogP contribution < -0.4 is 5.73 Å². The first-order valence-electron chi connectivity index (χ1n) is 6.24. The highest BCUT2D eigenvalue weighted by atomic mass is 19.1. The highest BCUT2D eigenvalue weighted by Gasteiger charge is 2.38. The van der Waals surface area contributed by atoms with Gasteiger partial charge in [-0.25, -0.2) is 4.39 Å². The molecular formula is C14H21FN2. The second-order valence-electron chi connectivity index (χ2n) is 5.26. The van der Waals surface area contributed by atoms with E-state index in [4.69, 9.17) is 5.73 Å². The third-order valence-electron chi connectivity index (χ3n) is 3.88. The lowest BCUT2D eigenvalue weighted by Gasteiger charge is -2.38. The van der Waals surface area contributed by atoms with Crippen molar-refractivity contribution in [2.75, 3.05) is 25.9 Å². The number of halogens is 1. The van der Waals surface area contributed by atoms with Gasteiger partial charge in [0.25, 0.3) is 0 Å². The van der Waals surface area contributed by atoms with E-state index < -0.39 is 5.67 Å². The minimum atomic E-state index is -1.33. The summed E-state index contributed by atoms with van der Waals surface area (Å²) in [6.07, 6.45) is 2.00. The van der Waals surface area contributed by atoms with Gasteiger partial charge in [-0.1, -0.05) is 18.2 Å². The number of likely N-dealkylation sites (tertiary alicyclic amines) is 1. The predicted molar refractivity (Wildman–Crippen MR) is 69.5 cm³/mol. The van der Waals surface area contributed by atoms with Gasteiger partial charge in [0.15, 0.2) is 0 Å². The Morgan fingerprint density at radius 2 is 2.12 bits per heavy atom. The zero-order valence-corrected chi connectivity index (χ0v) is 10.6. The first kappa shape index (κ1) is 12.4. The zero-order valence-electron chi connectivity index (χ0n) is 10.6. The van der Waals surface area contributed by atoms with Crippen molar-refractivity contribution in [3.05, 3.63) is 29.8 Å². The maximum Gasteiger partial charge on any atom is 0.139 e. The number of nitrogens with zero attached hydrogens (tertiary/aromatic N) is 1. The number of hydrogen-bond acceptors (Lipinski definition) is 2. The minimum Gasteiger partial charge on any atom is -0.398 e. The molecule has 17 heavy (non-hydrogen) atoms. The van der Waals surface area contributed by atoms with Crippen LogP contribution in [0.1, 0.15) is 25.3 Å². The van der Waals surface area contributed by atoms with E-state index in [2.05, 4.69) is 11.9 Å². The Labute approximate surface area is 103 Å². The number of alkyl halides is 1. The van der Waals surface area contributed by atoms with Gasteiger partial charge < -0.3 is 10.6 Å². The van der Waals surface area contributed by atoms with E-state index in [1.165, 1.54) is 0 Å². The highest BCUT2D eigenvalue weighted by molar-refractivity contribution is 5.49. The molecule has 0 saturated carbocycles. The summed E-state index contributed by atoms with van der Waals surface area (Å²) in [5.41, 5.74) is 5.76. The van der Waals surface area contributed by atoms with Crippen molar-refractivity contribution in [2.24, 2.45) is 5.92 Å². The molecule has 2 nitrogen and oxygen atoms in total. The molecule has 1 heterocycles. The molecule has 1 aromatic rings. The van der Waals surface area contributed by atoms with Crippen molar-refractivity contribution in [1.82, 2.24) is 4.90 Å². The Kier molecular flexibility index (Phi) is 3.38. The molecule has 2 unspecified atom stereocenters. The molecule has 0 spiro atoms. The van der Waals surface area contributed by atoms with Gasteiger partial charge in [-0.3, -0.25) is 0 Å². The summed E-state index contributed by atoms with van der Waals surface area (Å²) in [6.45, 7) is 3.54. The molecule has 2 atom stereocenters. The molecule has 1 aromatic carbocycles. The van der Waals surface area contributed by atoms with Crippen LogP contribution in [-0.2, 0) is 5.67 Å². The van der Waals surface area contributed by atoms with Crippen LogP contribution >= 0.6 is 0 Å². The minimum absolute atomic E-state index is 0.0333. The molecule has 2 N–H and O–H groups in total. The summed E-state index contributed by atoms with van der Waals surface area (Å²) < 4.78 is 15.0. The quantitative estimate of drug-likeness (QED) is 0.800. The maximum atomic E-state index is 15.0. The van der Waals surface area contributed by atoms with Crippen molar-refractivity contribution in [3.63, 3.8) is 0 Å². The lowest BCUT2D eigenvalue weighted by Crippen LogP contribution is -2.41. The number of para-hydroxylation sites is 1. The molecular weight excluding hydrogens is 215 g/mol. The largest absolute Gasteiger partial charge is 0.398 e. The van der Waals surface area contributed by atoms with Crippen LogP contribution in [0.5, 0.6) is 0 Å². The third-order valence-corrected chi connectivity index (χ3v) is 3.88. The lowest BCUT2D eigenvalue weighted by molar-refractivity contribution is 0.0459. The fraction of sp³-hybridized carbons (Fsp3) is 0.571. The van der Waals surface area contributed by atoms with Crippen LogP contribution in [-0.4, -0.2) is 25.0 Å². The Hall–Kier alpha value is -1.09. The Bertz CT molecular complexity index is 390. The number of anilines is 1. The molecule has 0 bridgehead atoms. The van der Waals surface area contributed by atoms with Gasteiger partial charge in [-0.15, -0.1) is 0 Å². The van der Waals surface area contributed by atoms with E-state index in [1.54, 1.807) is 13.0 Å². The number of nitrogens with two attached hydrogens (primary N) is 1. The molecule has 1 aliphatic rings. The summed E-state index contributed by atoms with van der Waals surface area (Å²) in [7, 11) is 2.05. The first-order chi connectivity index (χ1) is 8.01. The van der Waals surface area contributed by atoms with Gasteiger partial charge >= 0.3 is 0 Å². The number of piperidine rings is 1. The molecule has 1 aliphatic heterocycles. The number of nitrogen functional groups attached to an aromatic ring is 1. The number of hydrogen-bond donors (Lipinski definition) is 1. The average molecular weight is 236 g/mol. The SMILES string of the molecule is CN1CCCC(C(C)(F)c2ccccc2N)C1. The predicted octanol–water partition coefficient (Wildman–Crippen LogP) is 2.80. The normalized spacial score (nSPS) is 25.5. The van der Waals surface area contributed by atoms with Crippen molar-refractivity contribution < 1.29 is 4.39 Å². The van der Waals surface area contributed by atoms with Crippen molar-refractivity contribution in [2.45, 2.75) is 25.4 Å². The van der Waals surface area contributed by atoms with Crippen LogP contribution in [0.2, 0.25) is 0 Å². The molecule has 1 fully saturated rings. The van der Waals surface area contributed by atoms with Crippen LogP contribution in [0, 0.1) is 5.92 Å². The second-order valence-corrected chi connectivity index (χ2v) is 5.26. The fourth-order valence-corrected chi connectivity index (χ4v) is 2.77. The summed E-state index contributed by atoms with van der Waals surface area (Å²) in [5, 5.41) is 0. The maximum absolute atomic E-state index is 15.0. The second kappa shape index (κ2) is 4.65. The van der Waals surface area contributed by atoms with Crippen LogP contribution in [0.15, 0.2) is 24.3 Å². The van der Waals surface area contributed by atoms with Crippen molar-refractivity contribution in [1.29, 1.82) is 0 Å². The van der Waals surface area contributed by atoms with E-state index in [9.17, 15) is 0 Å². The summed E-state index contributed by atoms with van der Waals surface area (Å²) in [5.74, 6) is 0.0333. The Balaban J connectivity index is 2.26. The summed E-state index contributed by atoms with van der Waals surface area (Å²) >= 11 is 0. The number of rotatable bonds is 2. The van der Waals surface area contributed by atoms with Gasteiger partial charge in [0.1, 0.15) is 5.67 Å². The highest BCUT2D eigenvalue weighted by Crippen LogP contribution is 2.40. The lowest BCUT2D eigenvalue weighted by atomic mass is 9.79. The van der Waals surface area contributed by atoms with Gasteiger partial charge in [-0.05, 0) is 39.4 Å².